The first-order valence-corrected chi connectivity index (χ1v) is 17.1. The van der Waals surface area contributed by atoms with Crippen LogP contribution in [0.3, 0.4) is 0 Å². The monoisotopic (exact) mass is 686 g/mol. The highest BCUT2D eigenvalue weighted by Gasteiger charge is 2.25. The van der Waals surface area contributed by atoms with Crippen molar-refractivity contribution in [1.82, 2.24) is 40.0 Å². The standard InChI is InChI=1S/C36H43ClN8O4/c1-6-10-15-32-39-35(37)33(34(46)31-21-18-27(22-38-31)24-44(48-8-3)49-9-4)43(32)23-26-16-19-28(20-17-26)29-13-11-12-14-30(29)36-40-41-42-45(36)25(5)47-7-2/h11-14,16-22,25H,6-10,15,23-24H2,1-5H3. The van der Waals surface area contributed by atoms with Gasteiger partial charge >= 0.3 is 0 Å². The van der Waals surface area contributed by atoms with Crippen LogP contribution in [0, 0.1) is 0 Å². The molecule has 258 valence electrons. The van der Waals surface area contributed by atoms with E-state index < -0.39 is 0 Å². The molecule has 1 atom stereocenters. The lowest BCUT2D eigenvalue weighted by Gasteiger charge is -2.19. The maximum atomic E-state index is 13.9. The summed E-state index contributed by atoms with van der Waals surface area (Å²) in [6, 6.07) is 19.8. The van der Waals surface area contributed by atoms with Crippen molar-refractivity contribution in [1.29, 1.82) is 0 Å². The summed E-state index contributed by atoms with van der Waals surface area (Å²) in [6.07, 6.45) is 3.93. The van der Waals surface area contributed by atoms with E-state index in [1.54, 1.807) is 16.9 Å². The largest absolute Gasteiger partial charge is 0.357 e. The third-order valence-electron chi connectivity index (χ3n) is 7.91. The molecular weight excluding hydrogens is 644 g/mol. The number of pyridine rings is 1. The number of nitrogens with zero attached hydrogens (tertiary/aromatic N) is 8. The Morgan fingerprint density at radius 1 is 0.918 bits per heavy atom. The molecule has 5 rings (SSSR count). The van der Waals surface area contributed by atoms with E-state index in [1.807, 2.05) is 62.6 Å². The Morgan fingerprint density at radius 3 is 2.29 bits per heavy atom. The normalized spacial score (nSPS) is 12.1. The fourth-order valence-corrected chi connectivity index (χ4v) is 5.83. The average molecular weight is 687 g/mol. The van der Waals surface area contributed by atoms with Gasteiger partial charge < -0.3 is 9.30 Å². The molecule has 3 aromatic heterocycles. The molecule has 12 nitrogen and oxygen atoms in total. The molecule has 0 saturated carbocycles. The number of benzene rings is 2. The number of ether oxygens (including phenoxy) is 1. The molecule has 2 aromatic carbocycles. The number of aryl methyl sites for hydroxylation is 1. The maximum Gasteiger partial charge on any atom is 0.230 e. The first kappa shape index (κ1) is 36.0. The number of carbonyl (C=O) groups is 1. The molecule has 0 aliphatic heterocycles. The van der Waals surface area contributed by atoms with Gasteiger partial charge in [0.1, 0.15) is 17.2 Å². The average Bonchev–Trinajstić information content (AvgIpc) is 3.72. The van der Waals surface area contributed by atoms with E-state index in [2.05, 4.69) is 56.7 Å². The first-order valence-electron chi connectivity index (χ1n) is 16.7. The smallest absolute Gasteiger partial charge is 0.230 e. The Hall–Kier alpha value is -4.33. The van der Waals surface area contributed by atoms with E-state index in [0.29, 0.717) is 50.8 Å². The van der Waals surface area contributed by atoms with Gasteiger partial charge in [-0.1, -0.05) is 84.8 Å². The summed E-state index contributed by atoms with van der Waals surface area (Å²) in [5.74, 6) is 1.10. The first-order chi connectivity index (χ1) is 23.9. The third-order valence-corrected chi connectivity index (χ3v) is 8.17. The molecule has 0 fully saturated rings. The zero-order valence-corrected chi connectivity index (χ0v) is 29.4. The minimum Gasteiger partial charge on any atom is -0.357 e. The SMILES string of the molecule is CCCCc1nc(Cl)c(C(=O)c2ccc(CN(OCC)OCC)cn2)n1Cc1ccc(-c2ccccc2-c2nnnn2C(C)OCC)cc1. The van der Waals surface area contributed by atoms with E-state index in [9.17, 15) is 4.79 Å². The van der Waals surface area contributed by atoms with Gasteiger partial charge in [0.2, 0.25) is 5.78 Å². The molecule has 5 aromatic rings. The Morgan fingerprint density at radius 2 is 1.63 bits per heavy atom. The van der Waals surface area contributed by atoms with E-state index in [1.165, 1.54) is 5.23 Å². The van der Waals surface area contributed by atoms with Crippen LogP contribution in [0.1, 0.15) is 86.8 Å². The van der Waals surface area contributed by atoms with Gasteiger partial charge in [0.25, 0.3) is 0 Å². The van der Waals surface area contributed by atoms with Gasteiger partial charge in [-0.2, -0.15) is 4.68 Å². The van der Waals surface area contributed by atoms with Crippen LogP contribution < -0.4 is 0 Å². The number of tetrazole rings is 1. The second-order valence-electron chi connectivity index (χ2n) is 11.3. The van der Waals surface area contributed by atoms with Crippen LogP contribution in [-0.4, -0.2) is 65.6 Å². The summed E-state index contributed by atoms with van der Waals surface area (Å²) < 4.78 is 9.37. The number of imidazole rings is 1. The topological polar surface area (TPSA) is 122 Å². The second-order valence-corrected chi connectivity index (χ2v) is 11.7. The Labute approximate surface area is 291 Å². The van der Waals surface area contributed by atoms with E-state index in [0.717, 1.165) is 46.5 Å². The Balaban J connectivity index is 1.41. The van der Waals surface area contributed by atoms with Gasteiger partial charge in [-0.15, -0.1) is 5.10 Å². The number of rotatable bonds is 18. The van der Waals surface area contributed by atoms with Crippen molar-refractivity contribution in [3.63, 3.8) is 0 Å². The number of hydroxylamine groups is 2. The van der Waals surface area contributed by atoms with Crippen molar-refractivity contribution in [3.8, 4) is 22.5 Å². The van der Waals surface area contributed by atoms with Crippen molar-refractivity contribution in [2.24, 2.45) is 0 Å². The van der Waals surface area contributed by atoms with Crippen LogP contribution in [-0.2, 0) is 33.9 Å². The van der Waals surface area contributed by atoms with Crippen LogP contribution in [0.2, 0.25) is 5.15 Å². The molecule has 0 aliphatic rings. The predicted molar refractivity (Wildman–Crippen MR) is 186 cm³/mol. The summed E-state index contributed by atoms with van der Waals surface area (Å²) in [5, 5.41) is 14.0. The third kappa shape index (κ3) is 8.64. The fourth-order valence-electron chi connectivity index (χ4n) is 5.55. The number of halogens is 1. The van der Waals surface area contributed by atoms with Gasteiger partial charge in [0.15, 0.2) is 17.2 Å². The molecule has 13 heteroatoms. The summed E-state index contributed by atoms with van der Waals surface area (Å²) in [4.78, 5) is 34.0. The molecule has 0 aliphatic carbocycles. The van der Waals surface area contributed by atoms with E-state index in [4.69, 9.17) is 26.0 Å². The minimum absolute atomic E-state index is 0.172. The van der Waals surface area contributed by atoms with Crippen molar-refractivity contribution < 1.29 is 19.2 Å². The lowest BCUT2D eigenvalue weighted by atomic mass is 9.98. The molecule has 0 amide bonds. The zero-order valence-electron chi connectivity index (χ0n) is 28.7. The predicted octanol–water partition coefficient (Wildman–Crippen LogP) is 7.13. The molecule has 0 saturated heterocycles. The Kier molecular flexibility index (Phi) is 12.7. The molecule has 0 bridgehead atoms. The van der Waals surface area contributed by atoms with Crippen molar-refractivity contribution >= 4 is 17.4 Å². The second kappa shape index (κ2) is 17.4. The molecule has 49 heavy (non-hydrogen) atoms. The van der Waals surface area contributed by atoms with Crippen molar-refractivity contribution in [3.05, 3.63) is 100 Å². The quantitative estimate of drug-likeness (QED) is 0.0695. The van der Waals surface area contributed by atoms with E-state index in [-0.39, 0.29) is 22.9 Å². The van der Waals surface area contributed by atoms with Crippen molar-refractivity contribution in [2.45, 2.75) is 73.2 Å². The van der Waals surface area contributed by atoms with Gasteiger partial charge in [0.05, 0.1) is 19.8 Å². The minimum atomic E-state index is -0.314. The van der Waals surface area contributed by atoms with Gasteiger partial charge in [0, 0.05) is 31.3 Å². The Bertz CT molecular complexity index is 1800. The lowest BCUT2D eigenvalue weighted by Crippen LogP contribution is -2.24. The highest BCUT2D eigenvalue weighted by Crippen LogP contribution is 2.32. The fraction of sp³-hybridized carbons (Fsp3) is 0.389. The summed E-state index contributed by atoms with van der Waals surface area (Å²) >= 11 is 6.69. The van der Waals surface area contributed by atoms with E-state index >= 15 is 0 Å². The zero-order chi connectivity index (χ0) is 34.8. The number of hydrogen-bond acceptors (Lipinski definition) is 10. The van der Waals surface area contributed by atoms with Crippen LogP contribution in [0.15, 0.2) is 66.9 Å². The lowest BCUT2D eigenvalue weighted by molar-refractivity contribution is -0.371. The van der Waals surface area contributed by atoms with Gasteiger partial charge in [-0.3, -0.25) is 19.5 Å². The molecule has 0 spiro atoms. The van der Waals surface area contributed by atoms with Crippen LogP contribution >= 0.6 is 11.6 Å². The number of aromatic nitrogens is 7. The number of unbranched alkanes of at least 4 members (excludes halogenated alkanes) is 1. The summed E-state index contributed by atoms with van der Waals surface area (Å²) in [6.45, 7) is 12.0. The summed E-state index contributed by atoms with van der Waals surface area (Å²) in [5.41, 5.74) is 5.31. The molecule has 0 N–H and O–H groups in total. The maximum absolute atomic E-state index is 13.9. The highest BCUT2D eigenvalue weighted by atomic mass is 35.5. The number of ketones is 1. The van der Waals surface area contributed by atoms with Crippen LogP contribution in [0.4, 0.5) is 0 Å². The molecule has 0 radical (unpaired) electrons. The summed E-state index contributed by atoms with van der Waals surface area (Å²) in [7, 11) is 0. The molecule has 1 unspecified atom stereocenters. The number of hydrogen-bond donors (Lipinski definition) is 0. The van der Waals surface area contributed by atoms with Crippen LogP contribution in [0.25, 0.3) is 22.5 Å². The molecular formula is C36H43ClN8O4. The highest BCUT2D eigenvalue weighted by molar-refractivity contribution is 6.33. The van der Waals surface area contributed by atoms with Crippen molar-refractivity contribution in [2.75, 3.05) is 19.8 Å². The number of carbonyl (C=O) groups excluding carboxylic acids is 1. The van der Waals surface area contributed by atoms with Crippen LogP contribution in [0.5, 0.6) is 0 Å². The van der Waals surface area contributed by atoms with Gasteiger partial charge in [-0.05, 0) is 72.9 Å². The van der Waals surface area contributed by atoms with Gasteiger partial charge in [-0.25, -0.2) is 4.98 Å². The molecule has 3 heterocycles.